The van der Waals surface area contributed by atoms with Gasteiger partial charge in [0.1, 0.15) is 6.04 Å². The van der Waals surface area contributed by atoms with Gasteiger partial charge in [0.15, 0.2) is 0 Å². The van der Waals surface area contributed by atoms with Crippen molar-refractivity contribution >= 4 is 17.8 Å². The SMILES string of the molecule is Cc1nn(C)c(C)c1[C@H](C)NC(=O)C[C@H]1NC(=O)NC1=O. The van der Waals surface area contributed by atoms with Gasteiger partial charge in [-0.3, -0.25) is 19.6 Å². The zero-order valence-corrected chi connectivity index (χ0v) is 12.5. The van der Waals surface area contributed by atoms with Crippen molar-refractivity contribution < 1.29 is 14.4 Å². The molecule has 2 heterocycles. The van der Waals surface area contributed by atoms with Crippen LogP contribution in [-0.4, -0.2) is 33.7 Å². The molecule has 1 aromatic rings. The van der Waals surface area contributed by atoms with E-state index in [1.54, 1.807) is 4.68 Å². The van der Waals surface area contributed by atoms with Crippen molar-refractivity contribution in [1.29, 1.82) is 0 Å². The zero-order chi connectivity index (χ0) is 15.7. The Bertz CT molecular complexity index is 607. The fourth-order valence-electron chi connectivity index (χ4n) is 2.58. The number of amides is 4. The van der Waals surface area contributed by atoms with Crippen LogP contribution in [0.15, 0.2) is 0 Å². The summed E-state index contributed by atoms with van der Waals surface area (Å²) in [5.41, 5.74) is 2.80. The number of carbonyl (C=O) groups excluding carboxylic acids is 3. The van der Waals surface area contributed by atoms with Crippen LogP contribution in [0.5, 0.6) is 0 Å². The summed E-state index contributed by atoms with van der Waals surface area (Å²) >= 11 is 0. The van der Waals surface area contributed by atoms with Gasteiger partial charge in [-0.25, -0.2) is 4.79 Å². The molecule has 1 aromatic heterocycles. The number of imide groups is 1. The summed E-state index contributed by atoms with van der Waals surface area (Å²) in [6, 6.07) is -1.59. The quantitative estimate of drug-likeness (QED) is 0.669. The highest BCUT2D eigenvalue weighted by Crippen LogP contribution is 2.20. The average Bonchev–Trinajstić information content (AvgIpc) is 2.79. The van der Waals surface area contributed by atoms with Crippen LogP contribution in [0.2, 0.25) is 0 Å². The summed E-state index contributed by atoms with van der Waals surface area (Å²) < 4.78 is 1.76. The van der Waals surface area contributed by atoms with Crippen LogP contribution in [0.4, 0.5) is 4.79 Å². The highest BCUT2D eigenvalue weighted by molar-refractivity contribution is 6.05. The molecule has 0 aliphatic carbocycles. The van der Waals surface area contributed by atoms with Gasteiger partial charge in [-0.1, -0.05) is 0 Å². The lowest BCUT2D eigenvalue weighted by Gasteiger charge is -2.16. The second-order valence-corrected chi connectivity index (χ2v) is 5.22. The minimum atomic E-state index is -0.805. The lowest BCUT2D eigenvalue weighted by atomic mass is 10.1. The normalized spacial score (nSPS) is 19.1. The van der Waals surface area contributed by atoms with E-state index in [0.717, 1.165) is 17.0 Å². The third kappa shape index (κ3) is 3.04. The van der Waals surface area contributed by atoms with E-state index >= 15 is 0 Å². The lowest BCUT2D eigenvalue weighted by molar-refractivity contribution is -0.126. The Morgan fingerprint density at radius 2 is 2.10 bits per heavy atom. The van der Waals surface area contributed by atoms with Gasteiger partial charge in [-0.15, -0.1) is 0 Å². The van der Waals surface area contributed by atoms with Crippen molar-refractivity contribution in [3.05, 3.63) is 17.0 Å². The number of rotatable bonds is 4. The molecule has 1 saturated heterocycles. The van der Waals surface area contributed by atoms with Crippen LogP contribution >= 0.6 is 0 Å². The van der Waals surface area contributed by atoms with E-state index in [1.807, 2.05) is 27.8 Å². The number of hydrogen-bond donors (Lipinski definition) is 3. The molecular weight excluding hydrogens is 274 g/mol. The van der Waals surface area contributed by atoms with E-state index in [-0.39, 0.29) is 18.4 Å². The van der Waals surface area contributed by atoms with Crippen molar-refractivity contribution in [2.24, 2.45) is 7.05 Å². The molecule has 0 spiro atoms. The van der Waals surface area contributed by atoms with Gasteiger partial charge in [-0.05, 0) is 20.8 Å². The van der Waals surface area contributed by atoms with Crippen LogP contribution in [0.1, 0.15) is 36.3 Å². The van der Waals surface area contributed by atoms with Crippen LogP contribution in [0.3, 0.4) is 0 Å². The van der Waals surface area contributed by atoms with Crippen molar-refractivity contribution in [2.75, 3.05) is 0 Å². The molecule has 8 nitrogen and oxygen atoms in total. The molecule has 0 saturated carbocycles. The number of aromatic nitrogens is 2. The predicted molar refractivity (Wildman–Crippen MR) is 74.3 cm³/mol. The van der Waals surface area contributed by atoms with Gasteiger partial charge < -0.3 is 10.6 Å². The van der Waals surface area contributed by atoms with E-state index in [4.69, 9.17) is 0 Å². The molecule has 1 fully saturated rings. The Morgan fingerprint density at radius 3 is 2.57 bits per heavy atom. The van der Waals surface area contributed by atoms with Gasteiger partial charge in [0.2, 0.25) is 5.91 Å². The maximum Gasteiger partial charge on any atom is 0.322 e. The summed E-state index contributed by atoms with van der Waals surface area (Å²) in [4.78, 5) is 34.4. The molecule has 2 atom stereocenters. The van der Waals surface area contributed by atoms with Gasteiger partial charge in [-0.2, -0.15) is 5.10 Å². The molecule has 3 N–H and O–H groups in total. The fraction of sp³-hybridized carbons (Fsp3) is 0.538. The third-order valence-corrected chi connectivity index (χ3v) is 3.62. The molecule has 0 radical (unpaired) electrons. The first-order chi connectivity index (χ1) is 9.79. The number of carbonyl (C=O) groups is 3. The second kappa shape index (κ2) is 5.55. The van der Waals surface area contributed by atoms with Crippen LogP contribution in [-0.2, 0) is 16.6 Å². The van der Waals surface area contributed by atoms with Gasteiger partial charge >= 0.3 is 6.03 Å². The number of nitrogens with zero attached hydrogens (tertiary/aromatic N) is 2. The van der Waals surface area contributed by atoms with E-state index in [1.165, 1.54) is 0 Å². The second-order valence-electron chi connectivity index (χ2n) is 5.22. The molecule has 114 valence electrons. The standard InChI is InChI=1S/C13H19N5O3/c1-6(11-7(2)17-18(4)8(11)3)14-10(19)5-9-12(20)16-13(21)15-9/h6,9H,5H2,1-4H3,(H,14,19)(H2,15,16,20,21)/t6-,9+/m0/s1. The molecule has 0 bridgehead atoms. The number of urea groups is 1. The Morgan fingerprint density at radius 1 is 1.43 bits per heavy atom. The molecule has 8 heteroatoms. The van der Waals surface area contributed by atoms with Crippen LogP contribution in [0.25, 0.3) is 0 Å². The first kappa shape index (κ1) is 15.0. The summed E-state index contributed by atoms with van der Waals surface area (Å²) in [5, 5.41) is 11.6. The van der Waals surface area contributed by atoms with E-state index in [9.17, 15) is 14.4 Å². The largest absolute Gasteiger partial charge is 0.349 e. The molecule has 1 aliphatic rings. The zero-order valence-electron chi connectivity index (χ0n) is 12.5. The molecule has 21 heavy (non-hydrogen) atoms. The first-order valence-corrected chi connectivity index (χ1v) is 6.70. The van der Waals surface area contributed by atoms with Crippen molar-refractivity contribution in [2.45, 2.75) is 39.3 Å². The molecule has 4 amide bonds. The summed E-state index contributed by atoms with van der Waals surface area (Å²) in [6.45, 7) is 5.68. The lowest BCUT2D eigenvalue weighted by Crippen LogP contribution is -2.37. The Kier molecular flexibility index (Phi) is 3.97. The molecule has 2 rings (SSSR count). The van der Waals surface area contributed by atoms with Gasteiger partial charge in [0, 0.05) is 18.3 Å². The third-order valence-electron chi connectivity index (χ3n) is 3.62. The smallest absolute Gasteiger partial charge is 0.322 e. The van der Waals surface area contributed by atoms with E-state index < -0.39 is 18.0 Å². The Hall–Kier alpha value is -2.38. The minimum absolute atomic E-state index is 0.0831. The average molecular weight is 293 g/mol. The number of nitrogens with one attached hydrogen (secondary N) is 3. The van der Waals surface area contributed by atoms with E-state index in [2.05, 4.69) is 21.0 Å². The fourth-order valence-corrected chi connectivity index (χ4v) is 2.58. The van der Waals surface area contributed by atoms with Gasteiger partial charge in [0.25, 0.3) is 5.91 Å². The summed E-state index contributed by atoms with van der Waals surface area (Å²) in [6.07, 6.45) is -0.0831. The monoisotopic (exact) mass is 293 g/mol. The molecule has 1 aliphatic heterocycles. The number of aryl methyl sites for hydroxylation is 2. The van der Waals surface area contributed by atoms with E-state index in [0.29, 0.717) is 0 Å². The van der Waals surface area contributed by atoms with Crippen molar-refractivity contribution in [3.8, 4) is 0 Å². The highest BCUT2D eigenvalue weighted by Gasteiger charge is 2.31. The summed E-state index contributed by atoms with van der Waals surface area (Å²) in [7, 11) is 1.85. The van der Waals surface area contributed by atoms with Crippen LogP contribution < -0.4 is 16.0 Å². The van der Waals surface area contributed by atoms with Crippen molar-refractivity contribution in [1.82, 2.24) is 25.7 Å². The topological polar surface area (TPSA) is 105 Å². The maximum absolute atomic E-state index is 12.0. The molecule has 0 unspecified atom stereocenters. The summed E-state index contributed by atoms with van der Waals surface area (Å²) in [5.74, 6) is -0.774. The Labute approximate surface area is 122 Å². The van der Waals surface area contributed by atoms with Crippen LogP contribution in [0, 0.1) is 13.8 Å². The van der Waals surface area contributed by atoms with Gasteiger partial charge in [0.05, 0.1) is 18.2 Å². The predicted octanol–water partition coefficient (Wildman–Crippen LogP) is -0.188. The Balaban J connectivity index is 1.99. The molecule has 0 aromatic carbocycles. The number of hydrogen-bond acceptors (Lipinski definition) is 4. The minimum Gasteiger partial charge on any atom is -0.349 e. The van der Waals surface area contributed by atoms with Crippen molar-refractivity contribution in [3.63, 3.8) is 0 Å². The highest BCUT2D eigenvalue weighted by atomic mass is 16.2. The maximum atomic E-state index is 12.0. The first-order valence-electron chi connectivity index (χ1n) is 6.70. The molecular formula is C13H19N5O3.